The molecule has 152 valence electrons. The van der Waals surface area contributed by atoms with Crippen LogP contribution in [0.5, 0.6) is 5.75 Å². The van der Waals surface area contributed by atoms with E-state index in [-0.39, 0.29) is 11.3 Å². The molecule has 0 aromatic heterocycles. The zero-order valence-electron chi connectivity index (χ0n) is 16.7. The number of benzene rings is 1. The molecule has 1 heterocycles. The number of carboxylic acid groups (broad SMARTS) is 1. The van der Waals surface area contributed by atoms with Crippen LogP contribution in [-0.2, 0) is 4.79 Å². The van der Waals surface area contributed by atoms with Gasteiger partial charge >= 0.3 is 5.97 Å². The van der Waals surface area contributed by atoms with Crippen LogP contribution in [-0.4, -0.2) is 41.1 Å². The topological polar surface area (TPSA) is 53.0 Å². The van der Waals surface area contributed by atoms with Crippen LogP contribution < -0.4 is 9.64 Å². The summed E-state index contributed by atoms with van der Waals surface area (Å²) in [5.74, 6) is -4.16. The Morgan fingerprint density at radius 2 is 1.93 bits per heavy atom. The number of rotatable bonds is 3. The maximum Gasteiger partial charge on any atom is 0.368 e. The Morgan fingerprint density at radius 3 is 2.44 bits per heavy atom. The fourth-order valence-corrected chi connectivity index (χ4v) is 3.27. The zero-order valence-corrected chi connectivity index (χ0v) is 17.5. The van der Waals surface area contributed by atoms with Gasteiger partial charge in [-0.1, -0.05) is 20.3 Å². The monoisotopic (exact) mass is 402 g/mol. The number of carboxylic acids is 1. The molecule has 1 aliphatic rings. The molecule has 0 amide bonds. The number of halogens is 2. The molecule has 0 aliphatic carbocycles. The van der Waals surface area contributed by atoms with Crippen LogP contribution in [0, 0.1) is 5.82 Å². The van der Waals surface area contributed by atoms with E-state index >= 15 is 0 Å². The van der Waals surface area contributed by atoms with Gasteiger partial charge in [0.05, 0.1) is 10.6 Å². The van der Waals surface area contributed by atoms with Crippen LogP contribution in [0.4, 0.5) is 14.5 Å². The average Bonchev–Trinajstić information content (AvgIpc) is 2.70. The number of likely N-dealkylation sites (N-methyl/N-ethyl adjacent to an activating group) is 1. The Kier molecular flexibility index (Phi) is 8.56. The summed E-state index contributed by atoms with van der Waals surface area (Å²) in [4.78, 5) is 13.3. The third kappa shape index (κ3) is 6.70. The van der Waals surface area contributed by atoms with Crippen LogP contribution >= 0.6 is 11.9 Å². The molecule has 0 bridgehead atoms. The molecule has 0 atom stereocenters. The van der Waals surface area contributed by atoms with Crippen molar-refractivity contribution >= 4 is 23.6 Å². The molecule has 0 unspecified atom stereocenters. The van der Waals surface area contributed by atoms with Crippen molar-refractivity contribution in [2.75, 3.05) is 25.0 Å². The van der Waals surface area contributed by atoms with E-state index in [9.17, 15) is 13.6 Å². The predicted octanol–water partition coefficient (Wildman–Crippen LogP) is 5.07. The van der Waals surface area contributed by atoms with Gasteiger partial charge in [0.2, 0.25) is 5.83 Å². The van der Waals surface area contributed by atoms with E-state index in [0.29, 0.717) is 6.26 Å². The van der Waals surface area contributed by atoms with Gasteiger partial charge in [0.1, 0.15) is 6.26 Å². The Balaban J connectivity index is 0.00000114. The third-order valence-electron chi connectivity index (χ3n) is 3.50. The SMILES string of the molecule is CCC.CN1CCN(C(C)(C)C)c2cc(F)c(O/C=C(\F)C(=O)O)cc2S1. The van der Waals surface area contributed by atoms with Crippen molar-refractivity contribution in [1.82, 2.24) is 4.31 Å². The van der Waals surface area contributed by atoms with E-state index in [1.165, 1.54) is 30.5 Å². The van der Waals surface area contributed by atoms with Crippen molar-refractivity contribution in [3.05, 3.63) is 30.0 Å². The van der Waals surface area contributed by atoms with Crippen molar-refractivity contribution in [2.24, 2.45) is 0 Å². The van der Waals surface area contributed by atoms with Gasteiger partial charge in [-0.25, -0.2) is 13.5 Å². The number of aliphatic carboxylic acids is 1. The Hall–Kier alpha value is -1.80. The molecule has 27 heavy (non-hydrogen) atoms. The van der Waals surface area contributed by atoms with Crippen molar-refractivity contribution in [3.8, 4) is 5.75 Å². The highest BCUT2D eigenvalue weighted by Crippen LogP contribution is 2.41. The standard InChI is InChI=1S/C16H20F2N2O3S.C3H8/c1-16(2,3)20-6-5-19(4)24-14-8-13(10(17)7-12(14)20)23-9-11(18)15(21)22;1-3-2/h7-9H,5-6H2,1-4H3,(H,21,22);3H2,1-2H3/b11-9-;. The number of hydrogen-bond donors (Lipinski definition) is 1. The van der Waals surface area contributed by atoms with Gasteiger partial charge in [0, 0.05) is 30.8 Å². The van der Waals surface area contributed by atoms with Crippen molar-refractivity contribution in [2.45, 2.75) is 51.5 Å². The molecular weight excluding hydrogens is 374 g/mol. The average molecular weight is 403 g/mol. The summed E-state index contributed by atoms with van der Waals surface area (Å²) >= 11 is 1.43. The second-order valence-corrected chi connectivity index (χ2v) is 8.36. The number of nitrogens with zero attached hydrogens (tertiary/aromatic N) is 2. The normalized spacial score (nSPS) is 15.4. The number of fused-ring (bicyclic) bond motifs is 1. The highest BCUT2D eigenvalue weighted by molar-refractivity contribution is 7.97. The molecule has 0 spiro atoms. The third-order valence-corrected chi connectivity index (χ3v) is 4.52. The van der Waals surface area contributed by atoms with Gasteiger partial charge in [-0.2, -0.15) is 4.39 Å². The fraction of sp³-hybridized carbons (Fsp3) is 0.526. The molecule has 1 N–H and O–H groups in total. The predicted molar refractivity (Wildman–Crippen MR) is 105 cm³/mol. The number of carbonyl (C=O) groups is 1. The highest BCUT2D eigenvalue weighted by atomic mass is 32.2. The summed E-state index contributed by atoms with van der Waals surface area (Å²) in [6.45, 7) is 11.9. The van der Waals surface area contributed by atoms with Crippen molar-refractivity contribution in [1.29, 1.82) is 0 Å². The van der Waals surface area contributed by atoms with E-state index in [1.807, 2.05) is 32.1 Å². The molecule has 0 saturated heterocycles. The van der Waals surface area contributed by atoms with Gasteiger partial charge in [-0.3, -0.25) is 0 Å². The lowest BCUT2D eigenvalue weighted by Gasteiger charge is -2.37. The molecule has 0 radical (unpaired) electrons. The van der Waals surface area contributed by atoms with Gasteiger partial charge in [-0.05, 0) is 39.8 Å². The van der Waals surface area contributed by atoms with Crippen LogP contribution in [0.3, 0.4) is 0 Å². The largest absolute Gasteiger partial charge is 0.476 e. The van der Waals surface area contributed by atoms with Crippen LogP contribution in [0.15, 0.2) is 29.1 Å². The number of anilines is 1. The summed E-state index contributed by atoms with van der Waals surface area (Å²) in [6, 6.07) is 2.80. The van der Waals surface area contributed by atoms with E-state index in [2.05, 4.69) is 18.7 Å². The maximum atomic E-state index is 14.3. The minimum atomic E-state index is -1.77. The van der Waals surface area contributed by atoms with E-state index < -0.39 is 17.6 Å². The Labute approximate surface area is 164 Å². The minimum absolute atomic E-state index is 0.204. The fourth-order valence-electron chi connectivity index (χ4n) is 2.34. The van der Waals surface area contributed by atoms with Crippen LogP contribution in [0.1, 0.15) is 41.0 Å². The molecule has 1 aromatic carbocycles. The lowest BCUT2D eigenvalue weighted by Crippen LogP contribution is -2.43. The van der Waals surface area contributed by atoms with Crippen molar-refractivity contribution < 1.29 is 23.4 Å². The summed E-state index contributed by atoms with van der Waals surface area (Å²) in [5.41, 5.74) is 0.523. The van der Waals surface area contributed by atoms with E-state index in [1.54, 1.807) is 0 Å². The maximum absolute atomic E-state index is 14.3. The van der Waals surface area contributed by atoms with Gasteiger partial charge in [0.15, 0.2) is 11.6 Å². The molecule has 1 aromatic rings. The molecule has 0 fully saturated rings. The van der Waals surface area contributed by atoms with Gasteiger partial charge in [0.25, 0.3) is 0 Å². The Morgan fingerprint density at radius 1 is 1.33 bits per heavy atom. The highest BCUT2D eigenvalue weighted by Gasteiger charge is 2.28. The molecule has 1 aliphatic heterocycles. The second kappa shape index (κ2) is 9.94. The first kappa shape index (κ1) is 23.2. The zero-order chi connectivity index (χ0) is 20.8. The molecule has 8 heteroatoms. The molecular formula is C19H28F2N2O3S. The number of hydrogen-bond acceptors (Lipinski definition) is 5. The van der Waals surface area contributed by atoms with Gasteiger partial charge < -0.3 is 14.7 Å². The lowest BCUT2D eigenvalue weighted by molar-refractivity contribution is -0.134. The van der Waals surface area contributed by atoms with E-state index in [0.717, 1.165) is 23.7 Å². The van der Waals surface area contributed by atoms with Crippen molar-refractivity contribution in [3.63, 3.8) is 0 Å². The van der Waals surface area contributed by atoms with E-state index in [4.69, 9.17) is 9.84 Å². The summed E-state index contributed by atoms with van der Waals surface area (Å²) in [6.07, 6.45) is 1.64. The summed E-state index contributed by atoms with van der Waals surface area (Å²) in [5, 5.41) is 8.48. The lowest BCUT2D eigenvalue weighted by atomic mass is 10.0. The quantitative estimate of drug-likeness (QED) is 0.433. The molecule has 0 saturated carbocycles. The molecule has 5 nitrogen and oxygen atoms in total. The van der Waals surface area contributed by atoms with Gasteiger partial charge in [-0.15, -0.1) is 0 Å². The first-order valence-electron chi connectivity index (χ1n) is 8.77. The summed E-state index contributed by atoms with van der Waals surface area (Å²) in [7, 11) is 1.93. The number of ether oxygens (including phenoxy) is 1. The first-order chi connectivity index (χ1) is 12.5. The van der Waals surface area contributed by atoms with Crippen LogP contribution in [0.25, 0.3) is 0 Å². The first-order valence-corrected chi connectivity index (χ1v) is 9.54. The smallest absolute Gasteiger partial charge is 0.368 e. The minimum Gasteiger partial charge on any atom is -0.476 e. The Bertz CT molecular complexity index is 690. The molecule has 2 rings (SSSR count). The summed E-state index contributed by atoms with van der Waals surface area (Å²) < 4.78 is 34.3. The van der Waals surface area contributed by atoms with Crippen LogP contribution in [0.2, 0.25) is 0 Å². The second-order valence-electron chi connectivity index (χ2n) is 7.11.